The first-order valence-corrected chi connectivity index (χ1v) is 22.0. The van der Waals surface area contributed by atoms with E-state index < -0.39 is 76.7 Å². The zero-order chi connectivity index (χ0) is 41.4. The number of hydrogen-bond donors (Lipinski definition) is 6. The van der Waals surface area contributed by atoms with Crippen LogP contribution in [0.25, 0.3) is 0 Å². The summed E-state index contributed by atoms with van der Waals surface area (Å²) < 4.78 is 32.5. The van der Waals surface area contributed by atoms with Crippen molar-refractivity contribution in [1.29, 1.82) is 0 Å². The molecule has 0 amide bonds. The van der Waals surface area contributed by atoms with Crippen molar-refractivity contribution in [3.8, 4) is 0 Å². The summed E-state index contributed by atoms with van der Waals surface area (Å²) in [6.07, 6.45) is 27.5. The van der Waals surface area contributed by atoms with Gasteiger partial charge in [0.1, 0.15) is 12.7 Å². The molecule has 1 aliphatic carbocycles. The topological polar surface area (TPSA) is 210 Å². The van der Waals surface area contributed by atoms with Crippen LogP contribution in [-0.4, -0.2) is 99.3 Å². The molecule has 1 fully saturated rings. The smallest absolute Gasteiger partial charge is 0.462 e. The van der Waals surface area contributed by atoms with Gasteiger partial charge in [0.25, 0.3) is 0 Å². The fourth-order valence-corrected chi connectivity index (χ4v) is 6.76. The molecule has 0 heterocycles. The van der Waals surface area contributed by atoms with Crippen LogP contribution in [0.3, 0.4) is 0 Å². The molecule has 0 spiro atoms. The number of phosphoric ester groups is 1. The molecular weight excluding hydrogens is 743 g/mol. The lowest BCUT2D eigenvalue weighted by Gasteiger charge is -2.20. The first kappa shape index (κ1) is 51.6. The number of aliphatic hydroxyl groups is 5. The van der Waals surface area contributed by atoms with E-state index in [1.807, 2.05) is 0 Å². The average molecular weight is 815 g/mol. The molecule has 0 bridgehead atoms. The van der Waals surface area contributed by atoms with Gasteiger partial charge in [0.15, 0.2) is 6.10 Å². The van der Waals surface area contributed by atoms with Gasteiger partial charge in [0.2, 0.25) is 0 Å². The molecule has 56 heavy (non-hydrogen) atoms. The molecule has 0 aliphatic heterocycles. The molecular formula is C42H71O13P. The van der Waals surface area contributed by atoms with Crippen molar-refractivity contribution in [3.05, 3.63) is 60.8 Å². The maximum atomic E-state index is 12.7. The second kappa shape index (κ2) is 32.5. The SMILES string of the molecule is CCCCC/C=C\C/C=C\C/C=C\CCCCC(=O)OC[C@H](COP(=O)(O)OC[C@@H](O)CO)OC(=O)C/C=C\C[C@H]1[C@@H](/C=C/[C@H](O)CCCCC)[C@H](O)C[C@@H]1O. The molecule has 0 aromatic carbocycles. The summed E-state index contributed by atoms with van der Waals surface area (Å²) >= 11 is 0. The van der Waals surface area contributed by atoms with E-state index in [2.05, 4.69) is 54.8 Å². The van der Waals surface area contributed by atoms with Crippen molar-refractivity contribution < 1.29 is 63.1 Å². The lowest BCUT2D eigenvalue weighted by Crippen LogP contribution is -2.29. The van der Waals surface area contributed by atoms with Gasteiger partial charge in [-0.05, 0) is 63.7 Å². The number of unbranched alkanes of at least 4 members (excludes halogenated alkanes) is 7. The maximum Gasteiger partial charge on any atom is 0.472 e. The highest BCUT2D eigenvalue weighted by Gasteiger charge is 2.39. The predicted molar refractivity (Wildman–Crippen MR) is 216 cm³/mol. The number of aliphatic hydroxyl groups excluding tert-OH is 5. The minimum absolute atomic E-state index is 0.124. The Balaban J connectivity index is 2.60. The molecule has 322 valence electrons. The van der Waals surface area contributed by atoms with E-state index in [1.54, 1.807) is 24.3 Å². The molecule has 0 aromatic rings. The molecule has 8 atom stereocenters. The third-order valence-corrected chi connectivity index (χ3v) is 10.2. The fourth-order valence-electron chi connectivity index (χ4n) is 5.97. The Kier molecular flexibility index (Phi) is 29.9. The van der Waals surface area contributed by atoms with Crippen LogP contribution in [0.2, 0.25) is 0 Å². The molecule has 1 rings (SSSR count). The van der Waals surface area contributed by atoms with E-state index in [0.717, 1.165) is 51.4 Å². The molecule has 0 aromatic heterocycles. The van der Waals surface area contributed by atoms with Crippen molar-refractivity contribution in [2.75, 3.05) is 26.4 Å². The third kappa shape index (κ3) is 26.5. The molecule has 0 radical (unpaired) electrons. The van der Waals surface area contributed by atoms with Crippen molar-refractivity contribution in [2.45, 2.75) is 154 Å². The second-order valence-electron chi connectivity index (χ2n) is 14.3. The zero-order valence-electron chi connectivity index (χ0n) is 33.7. The predicted octanol–water partition coefficient (Wildman–Crippen LogP) is 6.71. The summed E-state index contributed by atoms with van der Waals surface area (Å²) in [4.78, 5) is 35.1. The van der Waals surface area contributed by atoms with Crippen LogP contribution < -0.4 is 0 Å². The molecule has 6 N–H and O–H groups in total. The van der Waals surface area contributed by atoms with Crippen LogP contribution in [-0.2, 0) is 32.7 Å². The molecule has 1 unspecified atom stereocenters. The van der Waals surface area contributed by atoms with Crippen LogP contribution in [0.4, 0.5) is 0 Å². The van der Waals surface area contributed by atoms with E-state index in [-0.39, 0.29) is 31.1 Å². The Morgan fingerprint density at radius 3 is 2.05 bits per heavy atom. The Morgan fingerprint density at radius 2 is 1.39 bits per heavy atom. The summed E-state index contributed by atoms with van der Waals surface area (Å²) in [6.45, 7) is 1.79. The maximum absolute atomic E-state index is 12.7. The number of phosphoric acid groups is 1. The first-order chi connectivity index (χ1) is 26.9. The second-order valence-corrected chi connectivity index (χ2v) is 15.7. The molecule has 14 heteroatoms. The van der Waals surface area contributed by atoms with Gasteiger partial charge in [-0.1, -0.05) is 107 Å². The number of carbonyl (C=O) groups is 2. The molecule has 0 saturated heterocycles. The number of esters is 2. The highest BCUT2D eigenvalue weighted by molar-refractivity contribution is 7.47. The quantitative estimate of drug-likeness (QED) is 0.0176. The van der Waals surface area contributed by atoms with Crippen LogP contribution in [0.15, 0.2) is 60.8 Å². The summed E-state index contributed by atoms with van der Waals surface area (Å²) in [5.74, 6) is -1.97. The van der Waals surface area contributed by atoms with Gasteiger partial charge in [-0.2, -0.15) is 0 Å². The van der Waals surface area contributed by atoms with Crippen molar-refractivity contribution in [1.82, 2.24) is 0 Å². The number of ether oxygens (including phenoxy) is 2. The Morgan fingerprint density at radius 1 is 0.768 bits per heavy atom. The highest BCUT2D eigenvalue weighted by Crippen LogP contribution is 2.43. The van der Waals surface area contributed by atoms with Crippen molar-refractivity contribution >= 4 is 19.8 Å². The standard InChI is InChI=1S/C42H71O13P/c1-3-5-7-8-9-10-11-12-13-14-15-16-17-18-20-25-41(48)52-32-36(33-54-56(50,51)53-31-35(45)30-43)55-42(49)26-22-21-24-37-38(40(47)29-39(37)46)28-27-34(44)23-19-6-4-2/h9-10,12-13,15-16,21-22,27-28,34-40,43-47H,3-8,11,14,17-20,23-26,29-33H2,1-2H3,(H,50,51)/b10-9-,13-12-,16-15-,22-21-,28-27+/t34-,35+,36-,37+,38-,39+,40-/m1/s1. The number of hydrogen-bond acceptors (Lipinski definition) is 12. The number of allylic oxidation sites excluding steroid dienone is 7. The van der Waals surface area contributed by atoms with E-state index in [1.165, 1.54) is 19.3 Å². The zero-order valence-corrected chi connectivity index (χ0v) is 34.5. The van der Waals surface area contributed by atoms with Gasteiger partial charge in [-0.3, -0.25) is 18.6 Å². The highest BCUT2D eigenvalue weighted by atomic mass is 31.2. The summed E-state index contributed by atoms with van der Waals surface area (Å²) in [5.41, 5.74) is 0. The van der Waals surface area contributed by atoms with Gasteiger partial charge >= 0.3 is 19.8 Å². The molecule has 1 saturated carbocycles. The van der Waals surface area contributed by atoms with Crippen molar-refractivity contribution in [3.63, 3.8) is 0 Å². The van der Waals surface area contributed by atoms with Crippen LogP contribution in [0.5, 0.6) is 0 Å². The monoisotopic (exact) mass is 814 g/mol. The lowest BCUT2D eigenvalue weighted by molar-refractivity contribution is -0.160. The van der Waals surface area contributed by atoms with Gasteiger partial charge < -0.3 is 39.9 Å². The van der Waals surface area contributed by atoms with Gasteiger partial charge in [0, 0.05) is 18.8 Å². The van der Waals surface area contributed by atoms with Crippen LogP contribution in [0.1, 0.15) is 123 Å². The number of carbonyl (C=O) groups excluding carboxylic acids is 2. The number of rotatable bonds is 33. The molecule has 13 nitrogen and oxygen atoms in total. The van der Waals surface area contributed by atoms with Gasteiger partial charge in [-0.25, -0.2) is 4.57 Å². The largest absolute Gasteiger partial charge is 0.472 e. The van der Waals surface area contributed by atoms with E-state index in [9.17, 15) is 39.5 Å². The Labute approximate surface area is 334 Å². The van der Waals surface area contributed by atoms with Crippen LogP contribution in [0, 0.1) is 11.8 Å². The third-order valence-electron chi connectivity index (χ3n) is 9.25. The summed E-state index contributed by atoms with van der Waals surface area (Å²) in [7, 11) is -4.72. The molecule has 1 aliphatic rings. The van der Waals surface area contributed by atoms with Gasteiger partial charge in [0.05, 0.1) is 44.6 Å². The average Bonchev–Trinajstić information content (AvgIpc) is 3.44. The minimum Gasteiger partial charge on any atom is -0.462 e. The lowest BCUT2D eigenvalue weighted by atomic mass is 9.89. The van der Waals surface area contributed by atoms with E-state index >= 15 is 0 Å². The normalized spacial score (nSPS) is 21.8. The van der Waals surface area contributed by atoms with Crippen molar-refractivity contribution in [2.24, 2.45) is 11.8 Å². The fraction of sp³-hybridized carbons (Fsp3) is 0.714. The van der Waals surface area contributed by atoms with Crippen LogP contribution >= 0.6 is 7.82 Å². The Bertz CT molecular complexity index is 1230. The van der Waals surface area contributed by atoms with E-state index in [0.29, 0.717) is 19.3 Å². The minimum atomic E-state index is -4.72. The first-order valence-electron chi connectivity index (χ1n) is 20.5. The summed E-state index contributed by atoms with van der Waals surface area (Å²) in [5, 5.41) is 49.7. The summed E-state index contributed by atoms with van der Waals surface area (Å²) in [6, 6.07) is 0. The van der Waals surface area contributed by atoms with E-state index in [4.69, 9.17) is 19.1 Å². The Hall–Kier alpha value is -2.45. The van der Waals surface area contributed by atoms with Gasteiger partial charge in [-0.15, -0.1) is 0 Å².